The van der Waals surface area contributed by atoms with Crippen LogP contribution in [-0.2, 0) is 17.6 Å². The average molecular weight is 455 g/mol. The minimum atomic E-state index is -0.382. The van der Waals surface area contributed by atoms with Crippen LogP contribution in [0.5, 0.6) is 5.75 Å². The Morgan fingerprint density at radius 3 is 2.58 bits per heavy atom. The minimum absolute atomic E-state index is 0.0673. The van der Waals surface area contributed by atoms with Gasteiger partial charge in [0.1, 0.15) is 11.6 Å². The van der Waals surface area contributed by atoms with Gasteiger partial charge >= 0.3 is 0 Å². The predicted octanol–water partition coefficient (Wildman–Crippen LogP) is 4.13. The van der Waals surface area contributed by atoms with Crippen molar-refractivity contribution in [3.05, 3.63) is 47.5 Å². The van der Waals surface area contributed by atoms with E-state index in [0.29, 0.717) is 23.8 Å². The van der Waals surface area contributed by atoms with E-state index in [-0.39, 0.29) is 18.1 Å². The highest BCUT2D eigenvalue weighted by atomic mass is 19.1. The van der Waals surface area contributed by atoms with E-state index in [2.05, 4.69) is 21.8 Å². The Morgan fingerprint density at radius 1 is 1.21 bits per heavy atom. The maximum absolute atomic E-state index is 14.3. The molecule has 0 N–H and O–H groups in total. The van der Waals surface area contributed by atoms with Crippen LogP contribution in [-0.4, -0.2) is 54.6 Å². The lowest BCUT2D eigenvalue weighted by Gasteiger charge is -2.32. The number of anilines is 1. The highest BCUT2D eigenvalue weighted by molar-refractivity contribution is 5.78. The second kappa shape index (κ2) is 10.5. The number of nitrogens with zero attached hydrogens (tertiary/aromatic N) is 4. The number of aryl methyl sites for hydroxylation is 1. The second-order valence-corrected chi connectivity index (χ2v) is 9.58. The third-order valence-electron chi connectivity index (χ3n) is 7.13. The Labute approximate surface area is 196 Å². The van der Waals surface area contributed by atoms with Crippen molar-refractivity contribution in [2.24, 2.45) is 17.8 Å². The molecule has 0 radical (unpaired) electrons. The molecule has 4 rings (SSSR count). The van der Waals surface area contributed by atoms with Crippen molar-refractivity contribution in [1.29, 1.82) is 0 Å². The number of hydrogen-bond acceptors (Lipinski definition) is 5. The molecule has 178 valence electrons. The van der Waals surface area contributed by atoms with Crippen LogP contribution in [0.1, 0.15) is 43.7 Å². The molecule has 2 aliphatic rings. The van der Waals surface area contributed by atoms with E-state index in [1.165, 1.54) is 35.8 Å². The summed E-state index contributed by atoms with van der Waals surface area (Å²) >= 11 is 0. The second-order valence-electron chi connectivity index (χ2n) is 9.58. The summed E-state index contributed by atoms with van der Waals surface area (Å²) in [5.41, 5.74) is 1.58. The molecule has 2 fully saturated rings. The number of carbonyl (C=O) groups is 1. The molecule has 1 aliphatic heterocycles. The van der Waals surface area contributed by atoms with Crippen LogP contribution < -0.4 is 9.64 Å². The van der Waals surface area contributed by atoms with Gasteiger partial charge < -0.3 is 14.5 Å². The van der Waals surface area contributed by atoms with Crippen molar-refractivity contribution >= 4 is 11.9 Å². The third-order valence-corrected chi connectivity index (χ3v) is 7.13. The van der Waals surface area contributed by atoms with Gasteiger partial charge in [-0.3, -0.25) is 4.79 Å². The largest absolute Gasteiger partial charge is 0.493 e. The number of hydrogen-bond donors (Lipinski definition) is 0. The zero-order chi connectivity index (χ0) is 23.4. The summed E-state index contributed by atoms with van der Waals surface area (Å²) in [4.78, 5) is 24.6. The van der Waals surface area contributed by atoms with E-state index in [0.717, 1.165) is 43.7 Å². The highest BCUT2D eigenvalue weighted by Gasteiger charge is 2.43. The number of rotatable bonds is 9. The number of carbonyl (C=O) groups excluding carboxylic acids is 1. The van der Waals surface area contributed by atoms with E-state index in [1.807, 2.05) is 12.4 Å². The molecule has 1 saturated heterocycles. The summed E-state index contributed by atoms with van der Waals surface area (Å²) in [5.74, 6) is 3.16. The quantitative estimate of drug-likeness (QED) is 0.570. The summed E-state index contributed by atoms with van der Waals surface area (Å²) in [6.07, 6.45) is 9.58. The first-order valence-electron chi connectivity index (χ1n) is 12.1. The number of piperidine rings is 1. The summed E-state index contributed by atoms with van der Waals surface area (Å²) in [6.45, 7) is 4.77. The first-order valence-corrected chi connectivity index (χ1v) is 12.1. The van der Waals surface area contributed by atoms with Crippen LogP contribution in [0.4, 0.5) is 10.3 Å². The number of benzene rings is 1. The molecule has 0 bridgehead atoms. The summed E-state index contributed by atoms with van der Waals surface area (Å²) < 4.78 is 20.1. The van der Waals surface area contributed by atoms with Gasteiger partial charge in [0.15, 0.2) is 0 Å². The lowest BCUT2D eigenvalue weighted by atomic mass is 9.90. The monoisotopic (exact) mass is 454 g/mol. The minimum Gasteiger partial charge on any atom is -0.493 e. The van der Waals surface area contributed by atoms with Gasteiger partial charge in [-0.25, -0.2) is 14.4 Å². The van der Waals surface area contributed by atoms with Crippen LogP contribution in [0, 0.1) is 23.6 Å². The van der Waals surface area contributed by atoms with Crippen LogP contribution in [0.25, 0.3) is 0 Å². The fraction of sp³-hybridized carbons (Fsp3) is 0.577. The van der Waals surface area contributed by atoms with E-state index in [9.17, 15) is 9.18 Å². The maximum Gasteiger partial charge on any atom is 0.226 e. The molecule has 1 saturated carbocycles. The van der Waals surface area contributed by atoms with Crippen molar-refractivity contribution in [2.45, 2.75) is 45.4 Å². The molecule has 33 heavy (non-hydrogen) atoms. The molecule has 7 heteroatoms. The topological polar surface area (TPSA) is 58.6 Å². The number of likely N-dealkylation sites (N-methyl/N-ethyl adjacent to an activating group) is 1. The number of ether oxygens (including phenoxy) is 1. The molecule has 2 atom stereocenters. The van der Waals surface area contributed by atoms with Gasteiger partial charge in [0.2, 0.25) is 11.9 Å². The van der Waals surface area contributed by atoms with Gasteiger partial charge in [0.25, 0.3) is 0 Å². The van der Waals surface area contributed by atoms with E-state index < -0.39 is 0 Å². The van der Waals surface area contributed by atoms with Gasteiger partial charge in [-0.2, -0.15) is 0 Å². The van der Waals surface area contributed by atoms with Crippen molar-refractivity contribution in [2.75, 3.05) is 38.7 Å². The zero-order valence-electron chi connectivity index (χ0n) is 20.0. The maximum atomic E-state index is 14.3. The van der Waals surface area contributed by atoms with Crippen molar-refractivity contribution in [3.63, 3.8) is 0 Å². The van der Waals surface area contributed by atoms with Gasteiger partial charge in [0.05, 0.1) is 13.0 Å². The zero-order valence-corrected chi connectivity index (χ0v) is 20.0. The Morgan fingerprint density at radius 2 is 1.94 bits per heavy atom. The van der Waals surface area contributed by atoms with Gasteiger partial charge in [-0.1, -0.05) is 13.0 Å². The standard InChI is InChI=1S/C26H35FN4O2/c1-4-18-16-28-26(29-17-18)31-10-7-19(8-11-31)23-13-20(23)9-12-33-22-6-5-21(24(27)15-22)14-25(32)30(2)3/h5-6,15-17,19-20,23H,4,7-14H2,1-3H3/t20-,23+/m0/s1. The smallest absolute Gasteiger partial charge is 0.226 e. The highest BCUT2D eigenvalue weighted by Crippen LogP contribution is 2.49. The molecule has 0 spiro atoms. The Hall–Kier alpha value is -2.70. The molecule has 0 unspecified atom stereocenters. The number of aromatic nitrogens is 2. The van der Waals surface area contributed by atoms with E-state index >= 15 is 0 Å². The lowest BCUT2D eigenvalue weighted by Crippen LogP contribution is -2.35. The fourth-order valence-corrected chi connectivity index (χ4v) is 4.81. The lowest BCUT2D eigenvalue weighted by molar-refractivity contribution is -0.128. The van der Waals surface area contributed by atoms with Crippen LogP contribution in [0.3, 0.4) is 0 Å². The first-order chi connectivity index (χ1) is 15.9. The Bertz CT molecular complexity index is 942. The van der Waals surface area contributed by atoms with Crippen LogP contribution >= 0.6 is 0 Å². The third kappa shape index (κ3) is 6.01. The molecule has 1 aromatic carbocycles. The molecule has 1 aliphatic carbocycles. The molecular formula is C26H35FN4O2. The van der Waals surface area contributed by atoms with Gasteiger partial charge in [0, 0.05) is 45.6 Å². The summed E-state index contributed by atoms with van der Waals surface area (Å²) in [7, 11) is 3.34. The normalized spacial score (nSPS) is 20.5. The van der Waals surface area contributed by atoms with Crippen molar-refractivity contribution in [1.82, 2.24) is 14.9 Å². The molecular weight excluding hydrogens is 419 g/mol. The van der Waals surface area contributed by atoms with Crippen molar-refractivity contribution in [3.8, 4) is 5.75 Å². The van der Waals surface area contributed by atoms with Crippen LogP contribution in [0.2, 0.25) is 0 Å². The van der Waals surface area contributed by atoms with E-state index in [1.54, 1.807) is 26.2 Å². The SMILES string of the molecule is CCc1cnc(N2CCC([C@H]3C[C@@H]3CCOc3ccc(CC(=O)N(C)C)c(F)c3)CC2)nc1. The number of halogens is 1. The fourth-order valence-electron chi connectivity index (χ4n) is 4.81. The summed E-state index contributed by atoms with van der Waals surface area (Å²) in [5, 5.41) is 0. The van der Waals surface area contributed by atoms with Gasteiger partial charge in [-0.15, -0.1) is 0 Å². The van der Waals surface area contributed by atoms with Crippen LogP contribution in [0.15, 0.2) is 30.6 Å². The molecule has 2 heterocycles. The van der Waals surface area contributed by atoms with Crippen molar-refractivity contribution < 1.29 is 13.9 Å². The Balaban J connectivity index is 1.17. The average Bonchev–Trinajstić information content (AvgIpc) is 3.60. The van der Waals surface area contributed by atoms with E-state index in [4.69, 9.17) is 4.74 Å². The first kappa shape index (κ1) is 23.5. The predicted molar refractivity (Wildman–Crippen MR) is 127 cm³/mol. The molecule has 2 aromatic rings. The number of amides is 1. The molecule has 1 aromatic heterocycles. The van der Waals surface area contributed by atoms with Gasteiger partial charge in [-0.05, 0) is 67.1 Å². The molecule has 6 nitrogen and oxygen atoms in total. The Kier molecular flexibility index (Phi) is 7.46. The molecule has 1 amide bonds. The summed E-state index contributed by atoms with van der Waals surface area (Å²) in [6, 6.07) is 4.81.